The topological polar surface area (TPSA) is 55.1 Å². The normalized spacial score (nSPS) is 12.0. The maximum atomic E-state index is 12.9. The molecule has 1 N–H and O–H groups in total. The smallest absolute Gasteiger partial charge is 0.252 e. The van der Waals surface area contributed by atoms with Gasteiger partial charge in [0, 0.05) is 21.1 Å². The summed E-state index contributed by atoms with van der Waals surface area (Å²) in [5.74, 6) is 1.48. The van der Waals surface area contributed by atoms with Crippen molar-refractivity contribution < 1.29 is 9.32 Å². The predicted molar refractivity (Wildman–Crippen MR) is 116 cm³/mol. The van der Waals surface area contributed by atoms with Crippen LogP contribution in [0, 0.1) is 13.8 Å². The first-order valence-corrected chi connectivity index (χ1v) is 11.3. The van der Waals surface area contributed by atoms with Crippen LogP contribution in [-0.4, -0.2) is 17.3 Å². The van der Waals surface area contributed by atoms with E-state index < -0.39 is 0 Å². The summed E-state index contributed by atoms with van der Waals surface area (Å²) in [6.45, 7) is 5.86. The first-order valence-electron chi connectivity index (χ1n) is 9.08. The van der Waals surface area contributed by atoms with Crippen LogP contribution in [0.5, 0.6) is 0 Å². The van der Waals surface area contributed by atoms with Crippen molar-refractivity contribution in [1.82, 2.24) is 10.5 Å². The molecular weight excluding hydrogens is 388 g/mol. The van der Waals surface area contributed by atoms with Crippen LogP contribution >= 0.6 is 23.5 Å². The molecular formula is C22H24N2O2S2. The van der Waals surface area contributed by atoms with E-state index >= 15 is 0 Å². The number of hydrogen-bond donors (Lipinski definition) is 1. The summed E-state index contributed by atoms with van der Waals surface area (Å²) < 4.78 is 5.24. The third-order valence-corrected chi connectivity index (χ3v) is 6.49. The minimum absolute atomic E-state index is 0.0657. The third-order valence-electron chi connectivity index (χ3n) is 4.65. The Morgan fingerprint density at radius 2 is 1.86 bits per heavy atom. The lowest BCUT2D eigenvalue weighted by atomic mass is 10.1. The molecule has 3 aromatic rings. The van der Waals surface area contributed by atoms with Crippen molar-refractivity contribution in [3.05, 3.63) is 76.7 Å². The van der Waals surface area contributed by atoms with Crippen molar-refractivity contribution in [3.63, 3.8) is 0 Å². The van der Waals surface area contributed by atoms with Gasteiger partial charge in [-0.05, 0) is 56.9 Å². The zero-order chi connectivity index (χ0) is 20.1. The molecule has 0 aliphatic carbocycles. The van der Waals surface area contributed by atoms with Gasteiger partial charge in [0.2, 0.25) is 0 Å². The number of hydrogen-bond acceptors (Lipinski definition) is 5. The Bertz CT molecular complexity index is 932. The molecule has 0 aliphatic heterocycles. The molecule has 0 bridgehead atoms. The second-order valence-corrected chi connectivity index (χ2v) is 8.45. The lowest BCUT2D eigenvalue weighted by molar-refractivity contribution is 0.0937. The average Bonchev–Trinajstić information content (AvgIpc) is 3.04. The first-order chi connectivity index (χ1) is 13.5. The van der Waals surface area contributed by atoms with E-state index in [4.69, 9.17) is 4.52 Å². The number of nitrogens with one attached hydrogen (secondary N) is 1. The number of aromatic nitrogens is 1. The van der Waals surface area contributed by atoms with Gasteiger partial charge in [-0.1, -0.05) is 29.4 Å². The van der Waals surface area contributed by atoms with Crippen molar-refractivity contribution in [2.45, 2.75) is 42.4 Å². The maximum absolute atomic E-state index is 12.9. The minimum Gasteiger partial charge on any atom is -0.361 e. The molecule has 2 aromatic carbocycles. The number of rotatable bonds is 7. The molecule has 3 rings (SSSR count). The summed E-state index contributed by atoms with van der Waals surface area (Å²) >= 11 is 3.33. The first kappa shape index (κ1) is 20.6. The molecule has 1 heterocycles. The van der Waals surface area contributed by atoms with E-state index in [1.807, 2.05) is 45.0 Å². The Kier molecular flexibility index (Phi) is 6.86. The van der Waals surface area contributed by atoms with Crippen molar-refractivity contribution >= 4 is 29.4 Å². The Balaban J connectivity index is 1.71. The molecule has 4 nitrogen and oxygen atoms in total. The second-order valence-electron chi connectivity index (χ2n) is 6.56. The molecule has 6 heteroatoms. The average molecular weight is 413 g/mol. The monoisotopic (exact) mass is 412 g/mol. The Morgan fingerprint density at radius 3 is 2.50 bits per heavy atom. The van der Waals surface area contributed by atoms with Gasteiger partial charge in [0.1, 0.15) is 5.76 Å². The highest BCUT2D eigenvalue weighted by molar-refractivity contribution is 7.98. The molecule has 28 heavy (non-hydrogen) atoms. The van der Waals surface area contributed by atoms with Crippen LogP contribution in [0.4, 0.5) is 0 Å². The van der Waals surface area contributed by atoms with Gasteiger partial charge >= 0.3 is 0 Å². The summed E-state index contributed by atoms with van der Waals surface area (Å²) in [6.07, 6.45) is 2.05. The van der Waals surface area contributed by atoms with E-state index in [2.05, 4.69) is 41.0 Å². The summed E-state index contributed by atoms with van der Waals surface area (Å²) in [4.78, 5) is 15.1. The van der Waals surface area contributed by atoms with Gasteiger partial charge in [-0.25, -0.2) is 0 Å². The summed E-state index contributed by atoms with van der Waals surface area (Å²) in [5, 5.41) is 7.12. The van der Waals surface area contributed by atoms with E-state index in [0.29, 0.717) is 5.56 Å². The lowest BCUT2D eigenvalue weighted by Gasteiger charge is -2.16. The van der Waals surface area contributed by atoms with Gasteiger partial charge in [0.25, 0.3) is 5.91 Å². The summed E-state index contributed by atoms with van der Waals surface area (Å²) in [5.41, 5.74) is 3.76. The van der Waals surface area contributed by atoms with Crippen molar-refractivity contribution in [2.75, 3.05) is 6.26 Å². The van der Waals surface area contributed by atoms with Crippen LogP contribution in [0.1, 0.15) is 45.9 Å². The molecule has 0 fully saturated rings. The summed E-state index contributed by atoms with van der Waals surface area (Å²) in [7, 11) is 0. The summed E-state index contributed by atoms with van der Waals surface area (Å²) in [6, 6.07) is 15.9. The molecule has 0 spiro atoms. The van der Waals surface area contributed by atoms with Crippen molar-refractivity contribution in [2.24, 2.45) is 0 Å². The number of benzene rings is 2. The van der Waals surface area contributed by atoms with Crippen LogP contribution in [0.25, 0.3) is 0 Å². The zero-order valence-corrected chi connectivity index (χ0v) is 18.1. The van der Waals surface area contributed by atoms with E-state index in [1.165, 1.54) is 4.90 Å². The van der Waals surface area contributed by atoms with Gasteiger partial charge in [0.05, 0.1) is 17.3 Å². The molecule has 0 saturated heterocycles. The number of amides is 1. The fraction of sp³-hybridized carbons (Fsp3) is 0.273. The highest BCUT2D eigenvalue weighted by Crippen LogP contribution is 2.29. The molecule has 146 valence electrons. The van der Waals surface area contributed by atoms with E-state index in [1.54, 1.807) is 23.5 Å². The highest BCUT2D eigenvalue weighted by atomic mass is 32.2. The van der Waals surface area contributed by atoms with Crippen LogP contribution in [-0.2, 0) is 5.75 Å². The van der Waals surface area contributed by atoms with Crippen LogP contribution in [0.3, 0.4) is 0 Å². The maximum Gasteiger partial charge on any atom is 0.252 e. The number of aryl methyl sites for hydroxylation is 2. The standard InChI is InChI=1S/C22H24N2O2S2/c1-14(17-9-11-18(27-4)12-10-17)23-22(25)19-7-5-6-8-21(19)28-13-20-15(2)24-26-16(20)3/h5-12,14H,13H2,1-4H3,(H,23,25). The largest absolute Gasteiger partial charge is 0.361 e. The van der Waals surface area contributed by atoms with E-state index in [0.717, 1.165) is 33.2 Å². The fourth-order valence-electron chi connectivity index (χ4n) is 2.89. The van der Waals surface area contributed by atoms with E-state index in [9.17, 15) is 4.79 Å². The number of nitrogens with zero attached hydrogens (tertiary/aromatic N) is 1. The number of thioether (sulfide) groups is 2. The Hall–Kier alpha value is -2.18. The quantitative estimate of drug-likeness (QED) is 0.497. The molecule has 1 unspecified atom stereocenters. The predicted octanol–water partition coefficient (Wildman–Crippen LogP) is 5.80. The minimum atomic E-state index is -0.0664. The Morgan fingerprint density at radius 1 is 1.14 bits per heavy atom. The molecule has 0 radical (unpaired) electrons. The van der Waals surface area contributed by atoms with Gasteiger partial charge < -0.3 is 9.84 Å². The lowest BCUT2D eigenvalue weighted by Crippen LogP contribution is -2.27. The third kappa shape index (κ3) is 4.80. The molecule has 0 saturated carbocycles. The van der Waals surface area contributed by atoms with Gasteiger partial charge in [0.15, 0.2) is 0 Å². The molecule has 0 aliphatic rings. The van der Waals surface area contributed by atoms with Crippen molar-refractivity contribution in [1.29, 1.82) is 0 Å². The van der Waals surface area contributed by atoms with Gasteiger partial charge in [-0.15, -0.1) is 23.5 Å². The fourth-order valence-corrected chi connectivity index (χ4v) is 4.50. The molecule has 1 atom stereocenters. The number of carbonyl (C=O) groups excluding carboxylic acids is 1. The molecule has 1 amide bonds. The van der Waals surface area contributed by atoms with Gasteiger partial charge in [-0.3, -0.25) is 4.79 Å². The zero-order valence-electron chi connectivity index (χ0n) is 16.5. The number of carbonyl (C=O) groups is 1. The van der Waals surface area contributed by atoms with Crippen LogP contribution in [0.15, 0.2) is 62.8 Å². The highest BCUT2D eigenvalue weighted by Gasteiger charge is 2.16. The molecule has 1 aromatic heterocycles. The Labute approximate surface area is 174 Å². The second kappa shape index (κ2) is 9.34. The van der Waals surface area contributed by atoms with E-state index in [-0.39, 0.29) is 11.9 Å². The van der Waals surface area contributed by atoms with Crippen LogP contribution in [0.2, 0.25) is 0 Å². The SMILES string of the molecule is CSc1ccc(C(C)NC(=O)c2ccccc2SCc2c(C)noc2C)cc1. The van der Waals surface area contributed by atoms with Crippen molar-refractivity contribution in [3.8, 4) is 0 Å². The van der Waals surface area contributed by atoms with Gasteiger partial charge in [-0.2, -0.15) is 0 Å². The van der Waals surface area contributed by atoms with Crippen LogP contribution < -0.4 is 5.32 Å².